The van der Waals surface area contributed by atoms with Crippen LogP contribution in [0.15, 0.2) is 0 Å². The molecule has 1 aliphatic rings. The highest BCUT2D eigenvalue weighted by Gasteiger charge is 2.35. The van der Waals surface area contributed by atoms with Crippen molar-refractivity contribution in [3.63, 3.8) is 0 Å². The first-order valence-electron chi connectivity index (χ1n) is 5.84. The minimum Gasteiger partial charge on any atom is -0.480 e. The number of carboxylic acid groups (broad SMARTS) is 1. The summed E-state index contributed by atoms with van der Waals surface area (Å²) in [6.07, 6.45) is 1.68. The molecule has 1 N–H and O–H groups in total. The van der Waals surface area contributed by atoms with Gasteiger partial charge in [-0.25, -0.2) is 4.79 Å². The minimum atomic E-state index is -1.09. The van der Waals surface area contributed by atoms with Crippen molar-refractivity contribution >= 4 is 18.0 Å². The van der Waals surface area contributed by atoms with Crippen molar-refractivity contribution in [2.24, 2.45) is 0 Å². The molecule has 0 aromatic heterocycles. The summed E-state index contributed by atoms with van der Waals surface area (Å²) in [5.41, 5.74) is 0. The van der Waals surface area contributed by atoms with Gasteiger partial charge in [-0.15, -0.1) is 0 Å². The second-order valence-corrected chi connectivity index (χ2v) is 4.20. The number of rotatable bonds is 6. The third-order valence-corrected chi connectivity index (χ3v) is 2.54. The minimum absolute atomic E-state index is 0.0261. The fraction of sp³-hybridized carbons (Fsp3) is 0.727. The highest BCUT2D eigenvalue weighted by Crippen LogP contribution is 2.27. The van der Waals surface area contributed by atoms with E-state index in [1.54, 1.807) is 6.92 Å². The Morgan fingerprint density at radius 2 is 1.89 bits per heavy atom. The standard InChI is InChI=1S/C11H18N2O5/c1-3-18-10(16)7-13(8-4-5-8)11(17)12(2)6-9(14)15/h8H,3-7H2,1-2H3,(H,14,15). The summed E-state index contributed by atoms with van der Waals surface area (Å²) in [5, 5.41) is 8.63. The van der Waals surface area contributed by atoms with E-state index in [0.717, 1.165) is 17.7 Å². The summed E-state index contributed by atoms with van der Waals surface area (Å²) < 4.78 is 4.79. The van der Waals surface area contributed by atoms with Crippen molar-refractivity contribution in [2.75, 3.05) is 26.7 Å². The van der Waals surface area contributed by atoms with Crippen LogP contribution in [0.2, 0.25) is 0 Å². The van der Waals surface area contributed by atoms with Crippen LogP contribution in [0.1, 0.15) is 19.8 Å². The monoisotopic (exact) mass is 258 g/mol. The molecule has 0 saturated heterocycles. The van der Waals surface area contributed by atoms with Gasteiger partial charge in [0.2, 0.25) is 0 Å². The summed E-state index contributed by atoms with van der Waals surface area (Å²) in [7, 11) is 1.40. The second kappa shape index (κ2) is 6.23. The molecule has 1 aliphatic carbocycles. The molecular weight excluding hydrogens is 240 g/mol. The Bertz CT molecular complexity index is 340. The van der Waals surface area contributed by atoms with Crippen LogP contribution in [0.5, 0.6) is 0 Å². The summed E-state index contributed by atoms with van der Waals surface area (Å²) in [5.74, 6) is -1.56. The quantitative estimate of drug-likeness (QED) is 0.685. The number of aliphatic carboxylic acids is 1. The number of carbonyl (C=O) groups excluding carboxylic acids is 2. The number of carboxylic acids is 1. The van der Waals surface area contributed by atoms with Crippen molar-refractivity contribution in [3.8, 4) is 0 Å². The maximum atomic E-state index is 12.0. The van der Waals surface area contributed by atoms with Crippen LogP contribution in [-0.4, -0.2) is 65.7 Å². The molecule has 0 aromatic rings. The summed E-state index contributed by atoms with van der Waals surface area (Å²) in [4.78, 5) is 36.4. The van der Waals surface area contributed by atoms with Gasteiger partial charge >= 0.3 is 18.0 Å². The van der Waals surface area contributed by atoms with Gasteiger partial charge in [-0.2, -0.15) is 0 Å². The zero-order valence-corrected chi connectivity index (χ0v) is 10.6. The van der Waals surface area contributed by atoms with Crippen LogP contribution in [-0.2, 0) is 14.3 Å². The van der Waals surface area contributed by atoms with Crippen molar-refractivity contribution in [1.29, 1.82) is 0 Å². The van der Waals surface area contributed by atoms with E-state index in [1.807, 2.05) is 0 Å². The topological polar surface area (TPSA) is 87.2 Å². The van der Waals surface area contributed by atoms with Gasteiger partial charge in [0.1, 0.15) is 13.1 Å². The molecule has 0 bridgehead atoms. The largest absolute Gasteiger partial charge is 0.480 e. The molecule has 0 atom stereocenters. The molecule has 7 nitrogen and oxygen atoms in total. The highest BCUT2D eigenvalue weighted by molar-refractivity contribution is 5.84. The van der Waals surface area contributed by atoms with Crippen LogP contribution < -0.4 is 0 Å². The predicted molar refractivity (Wildman–Crippen MR) is 62.0 cm³/mol. The molecule has 1 fully saturated rings. The molecule has 0 heterocycles. The molecule has 1 rings (SSSR count). The molecular formula is C11H18N2O5. The average molecular weight is 258 g/mol. The van der Waals surface area contributed by atoms with E-state index in [2.05, 4.69) is 0 Å². The van der Waals surface area contributed by atoms with Crippen molar-refractivity contribution in [1.82, 2.24) is 9.80 Å². The Balaban J connectivity index is 2.58. The number of likely N-dealkylation sites (N-methyl/N-ethyl adjacent to an activating group) is 1. The van der Waals surface area contributed by atoms with Crippen LogP contribution in [0.4, 0.5) is 4.79 Å². The third kappa shape index (κ3) is 4.23. The lowest BCUT2D eigenvalue weighted by atomic mass is 10.4. The van der Waals surface area contributed by atoms with Crippen LogP contribution in [0.25, 0.3) is 0 Å². The van der Waals surface area contributed by atoms with Gasteiger partial charge in [-0.05, 0) is 19.8 Å². The van der Waals surface area contributed by atoms with Gasteiger partial charge in [0.05, 0.1) is 6.61 Å². The second-order valence-electron chi connectivity index (χ2n) is 4.20. The molecule has 0 aromatic carbocycles. The number of nitrogens with zero attached hydrogens (tertiary/aromatic N) is 2. The maximum absolute atomic E-state index is 12.0. The molecule has 2 amide bonds. The Labute approximate surface area is 105 Å². The van der Waals surface area contributed by atoms with Crippen LogP contribution in [0.3, 0.4) is 0 Å². The molecule has 7 heteroatoms. The van der Waals surface area contributed by atoms with E-state index in [-0.39, 0.29) is 25.7 Å². The lowest BCUT2D eigenvalue weighted by Gasteiger charge is -2.26. The first-order chi connectivity index (χ1) is 8.45. The number of hydrogen-bond acceptors (Lipinski definition) is 4. The van der Waals surface area contributed by atoms with E-state index in [1.165, 1.54) is 11.9 Å². The number of carbonyl (C=O) groups is 3. The SMILES string of the molecule is CCOC(=O)CN(C(=O)N(C)CC(=O)O)C1CC1. The Hall–Kier alpha value is -1.79. The van der Waals surface area contributed by atoms with Crippen molar-refractivity contribution < 1.29 is 24.2 Å². The molecule has 1 saturated carbocycles. The van der Waals surface area contributed by atoms with E-state index >= 15 is 0 Å². The van der Waals surface area contributed by atoms with Gasteiger partial charge < -0.3 is 19.6 Å². The molecule has 0 aliphatic heterocycles. The fourth-order valence-electron chi connectivity index (χ4n) is 1.57. The summed E-state index contributed by atoms with van der Waals surface area (Å²) in [6, 6.07) is -0.425. The van der Waals surface area contributed by atoms with Gasteiger partial charge in [-0.3, -0.25) is 9.59 Å². The van der Waals surface area contributed by atoms with Gasteiger partial charge in [0, 0.05) is 13.1 Å². The molecule has 0 unspecified atom stereocenters. The first-order valence-corrected chi connectivity index (χ1v) is 5.84. The van der Waals surface area contributed by atoms with E-state index < -0.39 is 18.0 Å². The van der Waals surface area contributed by atoms with Gasteiger partial charge in [0.25, 0.3) is 0 Å². The summed E-state index contributed by atoms with van der Waals surface area (Å²) >= 11 is 0. The number of ether oxygens (including phenoxy) is 1. The molecule has 0 spiro atoms. The summed E-state index contributed by atoms with van der Waals surface area (Å²) in [6.45, 7) is 1.44. The van der Waals surface area contributed by atoms with E-state index in [0.29, 0.717) is 0 Å². The predicted octanol–water partition coefficient (Wildman–Crippen LogP) is 0.150. The van der Waals surface area contributed by atoms with E-state index in [9.17, 15) is 14.4 Å². The fourth-order valence-corrected chi connectivity index (χ4v) is 1.57. The maximum Gasteiger partial charge on any atom is 0.325 e. The lowest BCUT2D eigenvalue weighted by molar-refractivity contribution is -0.144. The van der Waals surface area contributed by atoms with E-state index in [4.69, 9.17) is 9.84 Å². The van der Waals surface area contributed by atoms with Gasteiger partial charge in [-0.1, -0.05) is 0 Å². The number of hydrogen-bond donors (Lipinski definition) is 1. The normalized spacial score (nSPS) is 13.9. The third-order valence-electron chi connectivity index (χ3n) is 2.54. The van der Waals surface area contributed by atoms with Crippen molar-refractivity contribution in [2.45, 2.75) is 25.8 Å². The molecule has 18 heavy (non-hydrogen) atoms. The molecule has 102 valence electrons. The van der Waals surface area contributed by atoms with Crippen molar-refractivity contribution in [3.05, 3.63) is 0 Å². The zero-order chi connectivity index (χ0) is 13.7. The average Bonchev–Trinajstić information content (AvgIpc) is 3.08. The number of urea groups is 1. The first kappa shape index (κ1) is 14.3. The Morgan fingerprint density at radius 1 is 1.28 bits per heavy atom. The Morgan fingerprint density at radius 3 is 2.33 bits per heavy atom. The lowest BCUT2D eigenvalue weighted by Crippen LogP contribution is -2.46. The number of esters is 1. The Kier molecular flexibility index (Phi) is 4.94. The number of amides is 2. The molecule has 0 radical (unpaired) electrons. The highest BCUT2D eigenvalue weighted by atomic mass is 16.5. The van der Waals surface area contributed by atoms with Crippen LogP contribution >= 0.6 is 0 Å². The smallest absolute Gasteiger partial charge is 0.325 e. The van der Waals surface area contributed by atoms with Gasteiger partial charge in [0.15, 0.2) is 0 Å². The zero-order valence-electron chi connectivity index (χ0n) is 10.6. The van der Waals surface area contributed by atoms with Crippen LogP contribution in [0, 0.1) is 0 Å².